The van der Waals surface area contributed by atoms with Crippen molar-refractivity contribution in [3.8, 4) is 0 Å². The van der Waals surface area contributed by atoms with E-state index in [0.29, 0.717) is 5.92 Å². The fourth-order valence-corrected chi connectivity index (χ4v) is 4.89. The van der Waals surface area contributed by atoms with E-state index in [1.54, 1.807) is 0 Å². The Labute approximate surface area is 190 Å². The predicted molar refractivity (Wildman–Crippen MR) is 136 cm³/mol. The minimum Gasteiger partial charge on any atom is -0.0773 e. The smallest absolute Gasteiger partial charge is 0.0105 e. The molecule has 2 aromatic carbocycles. The maximum atomic E-state index is 2.48. The molecule has 31 heavy (non-hydrogen) atoms. The van der Waals surface area contributed by atoms with Gasteiger partial charge in [-0.25, -0.2) is 0 Å². The molecule has 0 aromatic heterocycles. The molecule has 1 atom stereocenters. The molecule has 0 nitrogen and oxygen atoms in total. The highest BCUT2D eigenvalue weighted by molar-refractivity contribution is 5.30. The van der Waals surface area contributed by atoms with Crippen LogP contribution >= 0.6 is 0 Å². The summed E-state index contributed by atoms with van der Waals surface area (Å²) < 4.78 is 0. The topological polar surface area (TPSA) is 0 Å². The van der Waals surface area contributed by atoms with Crippen LogP contribution in [0.5, 0.6) is 0 Å². The number of benzene rings is 2. The van der Waals surface area contributed by atoms with Crippen molar-refractivity contribution in [1.29, 1.82) is 0 Å². The summed E-state index contributed by atoms with van der Waals surface area (Å²) >= 11 is 0. The van der Waals surface area contributed by atoms with Gasteiger partial charge in [-0.05, 0) is 66.9 Å². The second-order valence-corrected chi connectivity index (χ2v) is 10.8. The Morgan fingerprint density at radius 2 is 1.52 bits per heavy atom. The quantitative estimate of drug-likeness (QED) is 0.385. The van der Waals surface area contributed by atoms with E-state index in [1.165, 1.54) is 35.1 Å². The number of hydrogen-bond acceptors (Lipinski definition) is 0. The first kappa shape index (κ1) is 23.3. The highest BCUT2D eigenvalue weighted by atomic mass is 14.4. The minimum absolute atomic E-state index is 0.221. The Bertz CT molecular complexity index is 907. The molecular formula is C31H40. The standard InChI is InChI=1S/C31H40/c1-25-13-12-16-26(20-19-25)21-22-31(4,5)29(28-17-10-7-11-18-28)24-30(2,3)23-27-14-8-6-9-15-27/h6-18,20,29H,19,21-24H2,1-5H3. The van der Waals surface area contributed by atoms with Crippen molar-refractivity contribution in [2.24, 2.45) is 10.8 Å². The summed E-state index contributed by atoms with van der Waals surface area (Å²) in [6, 6.07) is 22.2. The largest absolute Gasteiger partial charge is 0.0773 e. The predicted octanol–water partition coefficient (Wildman–Crippen LogP) is 9.07. The fourth-order valence-electron chi connectivity index (χ4n) is 4.89. The van der Waals surface area contributed by atoms with Gasteiger partial charge < -0.3 is 0 Å². The monoisotopic (exact) mass is 412 g/mol. The SMILES string of the molecule is CC1=CC=CC(CCC(C)(C)C(CC(C)(C)Cc2ccccc2)c2ccccc2)=CC1. The molecule has 0 heteroatoms. The third-order valence-corrected chi connectivity index (χ3v) is 6.86. The molecule has 0 saturated heterocycles. The molecule has 0 aliphatic heterocycles. The lowest BCUT2D eigenvalue weighted by atomic mass is 9.64. The van der Waals surface area contributed by atoms with E-state index in [9.17, 15) is 0 Å². The van der Waals surface area contributed by atoms with Gasteiger partial charge in [0, 0.05) is 0 Å². The van der Waals surface area contributed by atoms with Gasteiger partial charge in [0.2, 0.25) is 0 Å². The van der Waals surface area contributed by atoms with Crippen LogP contribution in [0.4, 0.5) is 0 Å². The molecule has 2 aromatic rings. The molecule has 1 unspecified atom stereocenters. The molecular weight excluding hydrogens is 372 g/mol. The van der Waals surface area contributed by atoms with Crippen LogP contribution in [0.15, 0.2) is 96.1 Å². The van der Waals surface area contributed by atoms with Gasteiger partial charge in [-0.15, -0.1) is 0 Å². The van der Waals surface area contributed by atoms with Crippen LogP contribution in [0, 0.1) is 10.8 Å². The van der Waals surface area contributed by atoms with E-state index in [1.807, 2.05) is 0 Å². The van der Waals surface area contributed by atoms with E-state index in [4.69, 9.17) is 0 Å². The average Bonchev–Trinajstić information content (AvgIpc) is 2.96. The molecule has 0 bridgehead atoms. The zero-order valence-corrected chi connectivity index (χ0v) is 20.2. The van der Waals surface area contributed by atoms with E-state index < -0.39 is 0 Å². The molecule has 1 aliphatic rings. The van der Waals surface area contributed by atoms with Crippen LogP contribution in [0.3, 0.4) is 0 Å². The van der Waals surface area contributed by atoms with E-state index in [0.717, 1.165) is 19.3 Å². The van der Waals surface area contributed by atoms with Gasteiger partial charge >= 0.3 is 0 Å². The Hall–Kier alpha value is -2.34. The Kier molecular flexibility index (Phi) is 7.76. The van der Waals surface area contributed by atoms with Crippen LogP contribution < -0.4 is 0 Å². The van der Waals surface area contributed by atoms with Crippen molar-refractivity contribution in [3.63, 3.8) is 0 Å². The van der Waals surface area contributed by atoms with E-state index in [-0.39, 0.29) is 10.8 Å². The Balaban J connectivity index is 1.77. The molecule has 0 amide bonds. The number of hydrogen-bond donors (Lipinski definition) is 0. The van der Waals surface area contributed by atoms with Crippen LogP contribution in [-0.2, 0) is 6.42 Å². The summed E-state index contributed by atoms with van der Waals surface area (Å²) in [5.41, 5.74) is 6.30. The van der Waals surface area contributed by atoms with Gasteiger partial charge in [0.05, 0.1) is 0 Å². The molecule has 164 valence electrons. The Morgan fingerprint density at radius 1 is 0.871 bits per heavy atom. The maximum absolute atomic E-state index is 2.48. The normalized spacial score (nSPS) is 15.8. The number of rotatable bonds is 9. The highest BCUT2D eigenvalue weighted by Crippen LogP contribution is 2.47. The molecule has 0 heterocycles. The first-order chi connectivity index (χ1) is 14.8. The lowest BCUT2D eigenvalue weighted by molar-refractivity contribution is 0.185. The zero-order valence-electron chi connectivity index (χ0n) is 20.2. The molecule has 0 fully saturated rings. The molecule has 0 N–H and O–H groups in total. The van der Waals surface area contributed by atoms with Gasteiger partial charge in [-0.1, -0.05) is 124 Å². The van der Waals surface area contributed by atoms with Crippen LogP contribution in [-0.4, -0.2) is 0 Å². The summed E-state index contributed by atoms with van der Waals surface area (Å²) in [5, 5.41) is 0. The summed E-state index contributed by atoms with van der Waals surface area (Å²) in [7, 11) is 0. The van der Waals surface area contributed by atoms with Crippen LogP contribution in [0.25, 0.3) is 0 Å². The van der Waals surface area contributed by atoms with E-state index in [2.05, 4.69) is 120 Å². The van der Waals surface area contributed by atoms with Crippen molar-refractivity contribution in [3.05, 3.63) is 107 Å². The molecule has 0 spiro atoms. The van der Waals surface area contributed by atoms with E-state index >= 15 is 0 Å². The van der Waals surface area contributed by atoms with Gasteiger partial charge in [0.15, 0.2) is 0 Å². The van der Waals surface area contributed by atoms with Crippen molar-refractivity contribution in [1.82, 2.24) is 0 Å². The first-order valence-electron chi connectivity index (χ1n) is 11.9. The van der Waals surface area contributed by atoms with Gasteiger partial charge in [-0.2, -0.15) is 0 Å². The zero-order chi connectivity index (χ0) is 22.3. The molecule has 1 aliphatic carbocycles. The van der Waals surface area contributed by atoms with Crippen LogP contribution in [0.2, 0.25) is 0 Å². The Morgan fingerprint density at radius 3 is 2.19 bits per heavy atom. The maximum Gasteiger partial charge on any atom is -0.0105 e. The summed E-state index contributed by atoms with van der Waals surface area (Å²) in [6.45, 7) is 12.1. The number of allylic oxidation sites excluding steroid dienone is 6. The van der Waals surface area contributed by atoms with Crippen LogP contribution in [0.1, 0.15) is 77.3 Å². The molecule has 3 rings (SSSR count). The molecule has 0 saturated carbocycles. The summed E-state index contributed by atoms with van der Waals surface area (Å²) in [5.74, 6) is 0.530. The van der Waals surface area contributed by atoms with Crippen molar-refractivity contribution in [2.45, 2.75) is 72.6 Å². The first-order valence-corrected chi connectivity index (χ1v) is 11.9. The third-order valence-electron chi connectivity index (χ3n) is 6.86. The van der Waals surface area contributed by atoms with Gasteiger partial charge in [-0.3, -0.25) is 0 Å². The molecule has 0 radical (unpaired) electrons. The second-order valence-electron chi connectivity index (χ2n) is 10.8. The van der Waals surface area contributed by atoms with Crippen molar-refractivity contribution in [2.75, 3.05) is 0 Å². The second kappa shape index (κ2) is 10.3. The fraction of sp³-hybridized carbons (Fsp3) is 0.419. The van der Waals surface area contributed by atoms with Crippen molar-refractivity contribution < 1.29 is 0 Å². The average molecular weight is 413 g/mol. The highest BCUT2D eigenvalue weighted by Gasteiger charge is 2.35. The van der Waals surface area contributed by atoms with Gasteiger partial charge in [0.25, 0.3) is 0 Å². The third kappa shape index (κ3) is 7.10. The van der Waals surface area contributed by atoms with Crippen molar-refractivity contribution >= 4 is 0 Å². The summed E-state index contributed by atoms with van der Waals surface area (Å²) in [4.78, 5) is 0. The lowest BCUT2D eigenvalue weighted by Crippen LogP contribution is -2.29. The van der Waals surface area contributed by atoms with Gasteiger partial charge in [0.1, 0.15) is 0 Å². The summed E-state index contributed by atoms with van der Waals surface area (Å²) in [6.07, 6.45) is 14.9. The lowest BCUT2D eigenvalue weighted by Gasteiger charge is -2.40. The minimum atomic E-state index is 0.221.